The molecule has 1 aromatic rings. The summed E-state index contributed by atoms with van der Waals surface area (Å²) in [5.41, 5.74) is 0.651. The Bertz CT molecular complexity index is 398. The molecule has 0 saturated carbocycles. The summed E-state index contributed by atoms with van der Waals surface area (Å²) in [6.45, 7) is 0. The molecule has 1 aromatic carbocycles. The van der Waals surface area contributed by atoms with Crippen LogP contribution in [0.5, 0.6) is 0 Å². The summed E-state index contributed by atoms with van der Waals surface area (Å²) in [5, 5.41) is 2.48. The predicted molar refractivity (Wildman–Crippen MR) is 62.0 cm³/mol. The molecule has 0 aliphatic heterocycles. The van der Waals surface area contributed by atoms with Crippen LogP contribution < -0.4 is 9.81 Å². The summed E-state index contributed by atoms with van der Waals surface area (Å²) in [7, 11) is -2.58. The van der Waals surface area contributed by atoms with Gasteiger partial charge in [-0.25, -0.2) is 4.57 Å². The highest BCUT2D eigenvalue weighted by Crippen LogP contribution is 2.39. The van der Waals surface area contributed by atoms with E-state index in [1.807, 2.05) is 0 Å². The van der Waals surface area contributed by atoms with Gasteiger partial charge in [0, 0.05) is 17.7 Å². The molecule has 6 nitrogen and oxygen atoms in total. The molecular formula is C8H11N2O4PS. The van der Waals surface area contributed by atoms with Crippen LogP contribution in [0.1, 0.15) is 0 Å². The fourth-order valence-electron chi connectivity index (χ4n) is 0.835. The minimum Gasteiger partial charge on any atom is -0.329 e. The summed E-state index contributed by atoms with van der Waals surface area (Å²) in [6.07, 6.45) is 0.577. The number of anilines is 1. The normalized spacial score (nSPS) is 14.1. The van der Waals surface area contributed by atoms with Gasteiger partial charge in [-0.1, -0.05) is 0 Å². The molecule has 0 fully saturated rings. The van der Waals surface area contributed by atoms with Crippen molar-refractivity contribution in [3.8, 4) is 0 Å². The highest BCUT2D eigenvalue weighted by Gasteiger charge is 2.16. The van der Waals surface area contributed by atoms with Crippen LogP contribution in [-0.4, -0.2) is 18.4 Å². The molecular weight excluding hydrogens is 251 g/mol. The lowest BCUT2D eigenvalue weighted by molar-refractivity contribution is -0.105. The summed E-state index contributed by atoms with van der Waals surface area (Å²) in [4.78, 5) is 19.9. The average Bonchev–Trinajstić information content (AvgIpc) is 2.29. The van der Waals surface area contributed by atoms with Gasteiger partial charge in [-0.3, -0.25) is 9.32 Å². The smallest absolute Gasteiger partial charge is 0.329 e. The number of carbonyl (C=O) groups is 1. The van der Waals surface area contributed by atoms with E-state index in [9.17, 15) is 9.36 Å². The minimum absolute atomic E-state index is 0.577. The van der Waals surface area contributed by atoms with Gasteiger partial charge in [-0.15, -0.1) is 0 Å². The fourth-order valence-corrected chi connectivity index (χ4v) is 2.29. The molecule has 88 valence electrons. The maximum atomic E-state index is 11.1. The standard InChI is InChI=1S/C8H11N2O4PS/c1-14-15(12,13)10-16-8-4-2-7(3-5-8)9-6-11/h2-6H,1H3,(H,9,11)(H2,10,12,13). The van der Waals surface area contributed by atoms with Crippen LogP contribution in [0.4, 0.5) is 5.69 Å². The van der Waals surface area contributed by atoms with Gasteiger partial charge < -0.3 is 10.2 Å². The summed E-state index contributed by atoms with van der Waals surface area (Å²) >= 11 is 0.975. The lowest BCUT2D eigenvalue weighted by Crippen LogP contribution is -2.00. The topological polar surface area (TPSA) is 87.7 Å². The Labute approximate surface area is 97.1 Å². The van der Waals surface area contributed by atoms with Crippen molar-refractivity contribution in [3.63, 3.8) is 0 Å². The zero-order valence-electron chi connectivity index (χ0n) is 8.41. The Morgan fingerprint density at radius 2 is 2.06 bits per heavy atom. The summed E-state index contributed by atoms with van der Waals surface area (Å²) in [6, 6.07) is 6.74. The second-order valence-corrected chi connectivity index (χ2v) is 5.49. The van der Waals surface area contributed by atoms with Gasteiger partial charge in [0.2, 0.25) is 6.41 Å². The van der Waals surface area contributed by atoms with Crippen molar-refractivity contribution < 1.29 is 18.8 Å². The van der Waals surface area contributed by atoms with Gasteiger partial charge in [0.05, 0.1) is 0 Å². The third kappa shape index (κ3) is 4.34. The van der Waals surface area contributed by atoms with E-state index in [0.717, 1.165) is 24.0 Å². The van der Waals surface area contributed by atoms with Crippen LogP contribution >= 0.6 is 19.7 Å². The Hall–Kier alpha value is -0.850. The van der Waals surface area contributed by atoms with Crippen molar-refractivity contribution in [3.05, 3.63) is 24.3 Å². The van der Waals surface area contributed by atoms with Crippen LogP contribution in [-0.2, 0) is 13.9 Å². The molecule has 0 heterocycles. The highest BCUT2D eigenvalue weighted by molar-refractivity contribution is 8.01. The van der Waals surface area contributed by atoms with Gasteiger partial charge in [-0.2, -0.15) is 4.49 Å². The predicted octanol–water partition coefficient (Wildman–Crippen LogP) is 1.60. The van der Waals surface area contributed by atoms with E-state index >= 15 is 0 Å². The van der Waals surface area contributed by atoms with Gasteiger partial charge in [0.1, 0.15) is 0 Å². The van der Waals surface area contributed by atoms with E-state index in [1.165, 1.54) is 0 Å². The molecule has 0 spiro atoms. The van der Waals surface area contributed by atoms with E-state index in [4.69, 9.17) is 4.89 Å². The first-order valence-electron chi connectivity index (χ1n) is 4.20. The highest BCUT2D eigenvalue weighted by atomic mass is 32.2. The van der Waals surface area contributed by atoms with Crippen molar-refractivity contribution in [2.45, 2.75) is 4.90 Å². The Balaban J connectivity index is 2.55. The zero-order valence-corrected chi connectivity index (χ0v) is 10.1. The molecule has 16 heavy (non-hydrogen) atoms. The second-order valence-electron chi connectivity index (χ2n) is 2.68. The average molecular weight is 262 g/mol. The number of hydrogen-bond acceptors (Lipinski definition) is 4. The van der Waals surface area contributed by atoms with Crippen molar-refractivity contribution in [2.75, 3.05) is 12.4 Å². The maximum absolute atomic E-state index is 11.1. The third-order valence-corrected chi connectivity index (χ3v) is 3.90. The zero-order chi connectivity index (χ0) is 12.0. The minimum atomic E-state index is -3.72. The molecule has 1 rings (SSSR count). The van der Waals surface area contributed by atoms with Gasteiger partial charge >= 0.3 is 7.75 Å². The third-order valence-electron chi connectivity index (χ3n) is 1.61. The maximum Gasteiger partial charge on any atom is 0.412 e. The Morgan fingerprint density at radius 1 is 1.44 bits per heavy atom. The van der Waals surface area contributed by atoms with Gasteiger partial charge in [-0.05, 0) is 36.2 Å². The number of hydrogen-bond donors (Lipinski definition) is 3. The largest absolute Gasteiger partial charge is 0.412 e. The van der Waals surface area contributed by atoms with Crippen LogP contribution in [0, 0.1) is 0 Å². The van der Waals surface area contributed by atoms with Crippen molar-refractivity contribution in [2.24, 2.45) is 0 Å². The molecule has 0 aromatic heterocycles. The van der Waals surface area contributed by atoms with Gasteiger partial charge in [0.15, 0.2) is 0 Å². The van der Waals surface area contributed by atoms with Crippen molar-refractivity contribution in [1.29, 1.82) is 0 Å². The molecule has 0 bridgehead atoms. The lowest BCUT2D eigenvalue weighted by Gasteiger charge is -2.09. The quantitative estimate of drug-likeness (QED) is 0.410. The van der Waals surface area contributed by atoms with Crippen LogP contribution in [0.15, 0.2) is 29.2 Å². The van der Waals surface area contributed by atoms with Crippen molar-refractivity contribution >= 4 is 31.8 Å². The molecule has 1 unspecified atom stereocenters. The Kier molecular flexibility index (Phi) is 4.98. The molecule has 0 aliphatic carbocycles. The Morgan fingerprint density at radius 3 is 2.56 bits per heavy atom. The fraction of sp³-hybridized carbons (Fsp3) is 0.125. The molecule has 0 aliphatic rings. The van der Waals surface area contributed by atoms with E-state index in [0.29, 0.717) is 12.1 Å². The first-order chi connectivity index (χ1) is 7.57. The van der Waals surface area contributed by atoms with Crippen LogP contribution in [0.3, 0.4) is 0 Å². The van der Waals surface area contributed by atoms with E-state index in [2.05, 4.69) is 14.3 Å². The monoisotopic (exact) mass is 262 g/mol. The number of rotatable bonds is 6. The number of nitrogens with one attached hydrogen (secondary N) is 2. The molecule has 1 amide bonds. The van der Waals surface area contributed by atoms with Gasteiger partial charge in [0.25, 0.3) is 0 Å². The van der Waals surface area contributed by atoms with Crippen LogP contribution in [0.2, 0.25) is 0 Å². The molecule has 3 N–H and O–H groups in total. The van der Waals surface area contributed by atoms with E-state index < -0.39 is 7.75 Å². The molecule has 0 saturated heterocycles. The van der Waals surface area contributed by atoms with E-state index in [-0.39, 0.29) is 0 Å². The first-order valence-corrected chi connectivity index (χ1v) is 6.60. The summed E-state index contributed by atoms with van der Waals surface area (Å²) < 4.78 is 17.7. The number of amides is 1. The SMILES string of the molecule is COP(=O)(O)NSc1ccc(NC=O)cc1. The molecule has 8 heteroatoms. The molecule has 1 atom stereocenters. The second kappa shape index (κ2) is 6.03. The lowest BCUT2D eigenvalue weighted by atomic mass is 10.3. The van der Waals surface area contributed by atoms with Crippen molar-refractivity contribution in [1.82, 2.24) is 4.49 Å². The van der Waals surface area contributed by atoms with Crippen LogP contribution in [0.25, 0.3) is 0 Å². The first kappa shape index (κ1) is 13.2. The number of benzene rings is 1. The molecule has 0 radical (unpaired) electrons. The number of carbonyl (C=O) groups excluding carboxylic acids is 1. The summed E-state index contributed by atoms with van der Waals surface area (Å²) in [5.74, 6) is 0. The van der Waals surface area contributed by atoms with E-state index in [1.54, 1.807) is 24.3 Å².